The molecule has 0 aliphatic heterocycles. The number of halogens is 1. The fourth-order valence-electron chi connectivity index (χ4n) is 1.33. The van der Waals surface area contributed by atoms with E-state index in [9.17, 15) is 4.79 Å². The quantitative estimate of drug-likeness (QED) is 0.625. The highest BCUT2D eigenvalue weighted by molar-refractivity contribution is 6.31. The second kappa shape index (κ2) is 7.27. The van der Waals surface area contributed by atoms with E-state index in [1.54, 1.807) is 6.07 Å². The summed E-state index contributed by atoms with van der Waals surface area (Å²) in [6.07, 6.45) is 0.228. The van der Waals surface area contributed by atoms with Crippen molar-refractivity contribution in [3.63, 3.8) is 0 Å². The van der Waals surface area contributed by atoms with E-state index in [2.05, 4.69) is 4.74 Å². The summed E-state index contributed by atoms with van der Waals surface area (Å²) in [7, 11) is 1.35. The van der Waals surface area contributed by atoms with E-state index in [1.165, 1.54) is 7.11 Å². The number of ether oxygens (including phenoxy) is 2. The molecular formula is C12H16ClNO3. The Morgan fingerprint density at radius 3 is 2.82 bits per heavy atom. The number of rotatable bonds is 6. The molecule has 0 amide bonds. The molecule has 4 nitrogen and oxygen atoms in total. The topological polar surface area (TPSA) is 61.5 Å². The first-order chi connectivity index (χ1) is 8.15. The van der Waals surface area contributed by atoms with Crippen molar-refractivity contribution in [2.75, 3.05) is 20.3 Å². The van der Waals surface area contributed by atoms with Crippen molar-refractivity contribution in [1.29, 1.82) is 0 Å². The molecule has 0 bridgehead atoms. The minimum atomic E-state index is -0.295. The van der Waals surface area contributed by atoms with Gasteiger partial charge in [-0.3, -0.25) is 4.79 Å². The highest BCUT2D eigenvalue weighted by atomic mass is 35.5. The lowest BCUT2D eigenvalue weighted by atomic mass is 10.1. The first-order valence-corrected chi connectivity index (χ1v) is 5.67. The van der Waals surface area contributed by atoms with E-state index in [0.717, 1.165) is 5.56 Å². The van der Waals surface area contributed by atoms with Gasteiger partial charge in [0.1, 0.15) is 0 Å². The van der Waals surface area contributed by atoms with E-state index in [-0.39, 0.29) is 18.4 Å². The van der Waals surface area contributed by atoms with Crippen LogP contribution in [0.25, 0.3) is 0 Å². The van der Waals surface area contributed by atoms with Crippen molar-refractivity contribution in [3.05, 3.63) is 34.9 Å². The predicted molar refractivity (Wildman–Crippen MR) is 65.8 cm³/mol. The van der Waals surface area contributed by atoms with Crippen LogP contribution in [0.15, 0.2) is 24.3 Å². The van der Waals surface area contributed by atoms with Crippen molar-refractivity contribution >= 4 is 17.6 Å². The first-order valence-electron chi connectivity index (χ1n) is 5.29. The van der Waals surface area contributed by atoms with Crippen LogP contribution in [0.2, 0.25) is 5.02 Å². The predicted octanol–water partition coefficient (Wildman–Crippen LogP) is 1.92. The molecule has 1 unspecified atom stereocenters. The van der Waals surface area contributed by atoms with Crippen LogP contribution in [-0.4, -0.2) is 26.3 Å². The number of hydrogen-bond acceptors (Lipinski definition) is 4. The summed E-state index contributed by atoms with van der Waals surface area (Å²) in [4.78, 5) is 10.8. The number of nitrogens with two attached hydrogens (primary N) is 1. The fourth-order valence-corrected chi connectivity index (χ4v) is 1.61. The molecule has 0 saturated heterocycles. The van der Waals surface area contributed by atoms with Gasteiger partial charge >= 0.3 is 5.97 Å². The molecule has 17 heavy (non-hydrogen) atoms. The van der Waals surface area contributed by atoms with Gasteiger partial charge in [0.2, 0.25) is 0 Å². The number of carbonyl (C=O) groups is 1. The standard InChI is InChI=1S/C12H16ClNO3/c1-16-12(15)6-7-17-8-11(14)9-4-2-3-5-10(9)13/h2-5,11H,6-8,14H2,1H3. The molecule has 1 atom stereocenters. The molecule has 1 rings (SSSR count). The largest absolute Gasteiger partial charge is 0.469 e. The molecule has 0 heterocycles. The third kappa shape index (κ3) is 4.73. The molecule has 0 aliphatic carbocycles. The number of hydrogen-bond donors (Lipinski definition) is 1. The van der Waals surface area contributed by atoms with Gasteiger partial charge in [-0.15, -0.1) is 0 Å². The maximum Gasteiger partial charge on any atom is 0.307 e. The van der Waals surface area contributed by atoms with E-state index >= 15 is 0 Å². The number of esters is 1. The Hall–Kier alpha value is -1.10. The molecule has 5 heteroatoms. The highest BCUT2D eigenvalue weighted by Crippen LogP contribution is 2.20. The Morgan fingerprint density at radius 1 is 1.47 bits per heavy atom. The van der Waals surface area contributed by atoms with Crippen LogP contribution in [0.1, 0.15) is 18.0 Å². The zero-order valence-electron chi connectivity index (χ0n) is 9.69. The van der Waals surface area contributed by atoms with Crippen molar-refractivity contribution in [2.24, 2.45) is 5.73 Å². The van der Waals surface area contributed by atoms with Gasteiger partial charge in [-0.1, -0.05) is 29.8 Å². The summed E-state index contributed by atoms with van der Waals surface area (Å²) >= 11 is 6.00. The van der Waals surface area contributed by atoms with Gasteiger partial charge < -0.3 is 15.2 Å². The molecular weight excluding hydrogens is 242 g/mol. The lowest BCUT2D eigenvalue weighted by Gasteiger charge is -2.13. The Morgan fingerprint density at radius 2 is 2.18 bits per heavy atom. The average molecular weight is 258 g/mol. The van der Waals surface area contributed by atoms with E-state index in [1.807, 2.05) is 18.2 Å². The van der Waals surface area contributed by atoms with E-state index in [0.29, 0.717) is 18.2 Å². The summed E-state index contributed by atoms with van der Waals surface area (Å²) in [5.41, 5.74) is 6.76. The van der Waals surface area contributed by atoms with Crippen LogP contribution < -0.4 is 5.73 Å². The van der Waals surface area contributed by atoms with Gasteiger partial charge in [-0.05, 0) is 11.6 Å². The summed E-state index contributed by atoms with van der Waals surface area (Å²) < 4.78 is 9.78. The zero-order chi connectivity index (χ0) is 12.7. The number of methoxy groups -OCH3 is 1. The van der Waals surface area contributed by atoms with Gasteiger partial charge in [-0.2, -0.15) is 0 Å². The average Bonchev–Trinajstić information content (AvgIpc) is 2.34. The van der Waals surface area contributed by atoms with Crippen molar-refractivity contribution in [1.82, 2.24) is 0 Å². The second-order valence-corrected chi connectivity index (χ2v) is 3.94. The van der Waals surface area contributed by atoms with Crippen molar-refractivity contribution in [2.45, 2.75) is 12.5 Å². The molecule has 0 fully saturated rings. The number of carbonyl (C=O) groups excluding carboxylic acids is 1. The van der Waals surface area contributed by atoms with Crippen molar-refractivity contribution < 1.29 is 14.3 Å². The lowest BCUT2D eigenvalue weighted by Crippen LogP contribution is -2.18. The molecule has 94 valence electrons. The number of benzene rings is 1. The normalized spacial score (nSPS) is 12.2. The summed E-state index contributed by atoms with van der Waals surface area (Å²) in [6, 6.07) is 7.06. The maximum absolute atomic E-state index is 10.8. The highest BCUT2D eigenvalue weighted by Gasteiger charge is 2.10. The van der Waals surface area contributed by atoms with Crippen LogP contribution in [0.3, 0.4) is 0 Å². The van der Waals surface area contributed by atoms with Gasteiger partial charge in [0.25, 0.3) is 0 Å². The lowest BCUT2D eigenvalue weighted by molar-refractivity contribution is -0.141. The summed E-state index contributed by atoms with van der Waals surface area (Å²) in [6.45, 7) is 0.617. The molecule has 0 aliphatic rings. The fraction of sp³-hybridized carbons (Fsp3) is 0.417. The van der Waals surface area contributed by atoms with Gasteiger partial charge in [0.05, 0.1) is 32.8 Å². The van der Waals surface area contributed by atoms with E-state index < -0.39 is 0 Å². The smallest absolute Gasteiger partial charge is 0.307 e. The van der Waals surface area contributed by atoms with Gasteiger partial charge in [-0.25, -0.2) is 0 Å². The molecule has 0 aromatic heterocycles. The monoisotopic (exact) mass is 257 g/mol. The Balaban J connectivity index is 2.33. The summed E-state index contributed by atoms with van der Waals surface area (Å²) in [5, 5.41) is 0.622. The van der Waals surface area contributed by atoms with Crippen LogP contribution in [0.4, 0.5) is 0 Å². The van der Waals surface area contributed by atoms with Crippen LogP contribution >= 0.6 is 11.6 Å². The minimum absolute atomic E-state index is 0.228. The molecule has 0 saturated carbocycles. The second-order valence-electron chi connectivity index (χ2n) is 3.53. The van der Waals surface area contributed by atoms with Gasteiger partial charge in [0.15, 0.2) is 0 Å². The van der Waals surface area contributed by atoms with Gasteiger partial charge in [0, 0.05) is 5.02 Å². The van der Waals surface area contributed by atoms with Crippen LogP contribution in [0, 0.1) is 0 Å². The molecule has 2 N–H and O–H groups in total. The minimum Gasteiger partial charge on any atom is -0.469 e. The third-order valence-electron chi connectivity index (χ3n) is 2.28. The zero-order valence-corrected chi connectivity index (χ0v) is 10.4. The summed E-state index contributed by atoms with van der Waals surface area (Å²) in [5.74, 6) is -0.295. The Bertz CT molecular complexity index is 371. The van der Waals surface area contributed by atoms with Crippen molar-refractivity contribution in [3.8, 4) is 0 Å². The maximum atomic E-state index is 10.8. The first kappa shape index (κ1) is 14.0. The molecule has 0 radical (unpaired) electrons. The SMILES string of the molecule is COC(=O)CCOCC(N)c1ccccc1Cl. The molecule has 1 aromatic rings. The molecule has 0 spiro atoms. The third-order valence-corrected chi connectivity index (χ3v) is 2.62. The van der Waals surface area contributed by atoms with E-state index in [4.69, 9.17) is 22.1 Å². The van der Waals surface area contributed by atoms with Crippen LogP contribution in [0.5, 0.6) is 0 Å². The Kier molecular flexibility index (Phi) is 5.97. The molecule has 1 aromatic carbocycles. The van der Waals surface area contributed by atoms with Crippen LogP contribution in [-0.2, 0) is 14.3 Å². The Labute approximate surface area is 106 Å².